The minimum absolute atomic E-state index is 0.319. The highest BCUT2D eigenvalue weighted by Crippen LogP contribution is 2.18. The lowest BCUT2D eigenvalue weighted by Gasteiger charge is -2.25. The van der Waals surface area contributed by atoms with Gasteiger partial charge in [-0.05, 0) is 43.9 Å². The highest BCUT2D eigenvalue weighted by atomic mass is 16.5. The van der Waals surface area contributed by atoms with Crippen LogP contribution in [0.3, 0.4) is 0 Å². The molecule has 1 aliphatic heterocycles. The second-order valence-corrected chi connectivity index (χ2v) is 5.68. The van der Waals surface area contributed by atoms with Gasteiger partial charge < -0.3 is 14.6 Å². The van der Waals surface area contributed by atoms with Crippen molar-refractivity contribution in [2.75, 3.05) is 13.2 Å². The number of aromatic nitrogens is 2. The number of hydrogen-bond donors (Lipinski definition) is 1. The van der Waals surface area contributed by atoms with Gasteiger partial charge in [-0.25, -0.2) is 4.98 Å². The summed E-state index contributed by atoms with van der Waals surface area (Å²) in [5, 5.41) is 3.59. The Hall–Kier alpha value is -1.65. The number of benzene rings is 1. The van der Waals surface area contributed by atoms with Crippen LogP contribution in [0.5, 0.6) is 0 Å². The van der Waals surface area contributed by atoms with E-state index in [1.807, 2.05) is 17.1 Å². The Balaban J connectivity index is 1.61. The van der Waals surface area contributed by atoms with E-state index >= 15 is 0 Å². The molecule has 4 heteroatoms. The smallest absolute Gasteiger partial charge is 0.0991 e. The fourth-order valence-electron chi connectivity index (χ4n) is 2.76. The summed E-state index contributed by atoms with van der Waals surface area (Å²) < 4.78 is 7.80. The molecule has 4 nitrogen and oxygen atoms in total. The number of imidazole rings is 1. The van der Waals surface area contributed by atoms with Gasteiger partial charge in [0.15, 0.2) is 0 Å². The molecular formula is C17H23N3O. The average Bonchev–Trinajstić information content (AvgIpc) is 3.08. The third-order valence-corrected chi connectivity index (χ3v) is 4.10. The fraction of sp³-hybridized carbons (Fsp3) is 0.471. The van der Waals surface area contributed by atoms with Crippen LogP contribution in [0.1, 0.15) is 37.8 Å². The van der Waals surface area contributed by atoms with E-state index in [9.17, 15) is 0 Å². The summed E-state index contributed by atoms with van der Waals surface area (Å²) in [6.07, 6.45) is 9.64. The number of nitrogens with zero attached hydrogens (tertiary/aromatic N) is 2. The molecule has 112 valence electrons. The Morgan fingerprint density at radius 3 is 3.14 bits per heavy atom. The summed E-state index contributed by atoms with van der Waals surface area (Å²) in [7, 11) is 0. The van der Waals surface area contributed by atoms with Gasteiger partial charge in [-0.2, -0.15) is 0 Å². The molecule has 0 radical (unpaired) electrons. The molecule has 0 bridgehead atoms. The maximum atomic E-state index is 5.77. The van der Waals surface area contributed by atoms with Crippen LogP contribution in [0, 0.1) is 0 Å². The van der Waals surface area contributed by atoms with E-state index in [0.717, 1.165) is 18.8 Å². The van der Waals surface area contributed by atoms with Crippen molar-refractivity contribution in [2.45, 2.75) is 38.3 Å². The predicted octanol–water partition coefficient (Wildman–Crippen LogP) is 3.09. The quantitative estimate of drug-likeness (QED) is 0.917. The molecule has 0 unspecified atom stereocenters. The molecule has 2 atom stereocenters. The van der Waals surface area contributed by atoms with Crippen LogP contribution < -0.4 is 5.32 Å². The third-order valence-electron chi connectivity index (χ3n) is 4.10. The van der Waals surface area contributed by atoms with E-state index < -0.39 is 0 Å². The van der Waals surface area contributed by atoms with Crippen LogP contribution in [0.25, 0.3) is 5.69 Å². The highest BCUT2D eigenvalue weighted by molar-refractivity contribution is 5.36. The van der Waals surface area contributed by atoms with Crippen LogP contribution >= 0.6 is 0 Å². The molecule has 3 rings (SSSR count). The van der Waals surface area contributed by atoms with Crippen LogP contribution in [0.4, 0.5) is 0 Å². The second kappa shape index (κ2) is 6.87. The number of hydrogen-bond acceptors (Lipinski definition) is 3. The molecule has 0 aliphatic carbocycles. The summed E-state index contributed by atoms with van der Waals surface area (Å²) in [5.41, 5.74) is 2.43. The van der Waals surface area contributed by atoms with E-state index in [1.165, 1.54) is 24.8 Å². The van der Waals surface area contributed by atoms with Gasteiger partial charge in [0.1, 0.15) is 0 Å². The zero-order valence-electron chi connectivity index (χ0n) is 12.5. The molecule has 1 N–H and O–H groups in total. The number of nitrogens with one attached hydrogen (secondary N) is 1. The summed E-state index contributed by atoms with van der Waals surface area (Å²) in [6.45, 7) is 4.04. The fourth-order valence-corrected chi connectivity index (χ4v) is 2.76. The summed E-state index contributed by atoms with van der Waals surface area (Å²) in [6, 6.07) is 8.89. The van der Waals surface area contributed by atoms with Crippen LogP contribution in [0.15, 0.2) is 43.0 Å². The summed E-state index contributed by atoms with van der Waals surface area (Å²) in [4.78, 5) is 4.10. The zero-order valence-corrected chi connectivity index (χ0v) is 12.5. The molecule has 2 aromatic rings. The molecule has 21 heavy (non-hydrogen) atoms. The topological polar surface area (TPSA) is 39.1 Å². The van der Waals surface area contributed by atoms with Crippen LogP contribution in [0.2, 0.25) is 0 Å². The first-order valence-electron chi connectivity index (χ1n) is 7.76. The van der Waals surface area contributed by atoms with Gasteiger partial charge >= 0.3 is 0 Å². The van der Waals surface area contributed by atoms with Gasteiger partial charge in [0.05, 0.1) is 12.4 Å². The molecule has 1 fully saturated rings. The minimum Gasteiger partial charge on any atom is -0.377 e. The monoisotopic (exact) mass is 285 g/mol. The molecular weight excluding hydrogens is 262 g/mol. The molecule has 2 heterocycles. The number of rotatable bonds is 5. The average molecular weight is 285 g/mol. The Morgan fingerprint density at radius 1 is 1.43 bits per heavy atom. The van der Waals surface area contributed by atoms with Crippen LogP contribution in [-0.2, 0) is 4.74 Å². The molecule has 1 aromatic heterocycles. The highest BCUT2D eigenvalue weighted by Gasteiger charge is 2.15. The SMILES string of the molecule is C[C@H](NC[C@@H]1CCCCO1)c1cccc(-n2ccnc2)c1. The van der Waals surface area contributed by atoms with Gasteiger partial charge in [-0.1, -0.05) is 12.1 Å². The normalized spacial score (nSPS) is 20.3. The lowest BCUT2D eigenvalue weighted by atomic mass is 10.1. The largest absolute Gasteiger partial charge is 0.377 e. The second-order valence-electron chi connectivity index (χ2n) is 5.68. The lowest BCUT2D eigenvalue weighted by molar-refractivity contribution is 0.0156. The van der Waals surface area contributed by atoms with E-state index in [1.54, 1.807) is 6.20 Å². The van der Waals surface area contributed by atoms with Gasteiger partial charge in [0, 0.05) is 37.3 Å². The Kier molecular flexibility index (Phi) is 4.68. The van der Waals surface area contributed by atoms with Gasteiger partial charge in [-0.15, -0.1) is 0 Å². The van der Waals surface area contributed by atoms with Crippen molar-refractivity contribution in [1.29, 1.82) is 0 Å². The standard InChI is InChI=1S/C17H23N3O/c1-14(19-12-17-7-2-3-10-21-17)15-5-4-6-16(11-15)20-9-8-18-13-20/h4-6,8-9,11,13-14,17,19H,2-3,7,10,12H2,1H3/t14-,17-/m0/s1. The summed E-state index contributed by atoms with van der Waals surface area (Å²) >= 11 is 0. The van der Waals surface area contributed by atoms with Crippen molar-refractivity contribution >= 4 is 0 Å². The third kappa shape index (κ3) is 3.71. The van der Waals surface area contributed by atoms with Gasteiger partial charge in [0.2, 0.25) is 0 Å². The van der Waals surface area contributed by atoms with Crippen LogP contribution in [-0.4, -0.2) is 28.8 Å². The minimum atomic E-state index is 0.319. The van der Waals surface area contributed by atoms with Crippen molar-refractivity contribution in [3.05, 3.63) is 48.5 Å². The Bertz CT molecular complexity index is 547. The molecule has 0 saturated carbocycles. The summed E-state index contributed by atoms with van der Waals surface area (Å²) in [5.74, 6) is 0. The van der Waals surface area contributed by atoms with E-state index in [-0.39, 0.29) is 0 Å². The van der Waals surface area contributed by atoms with Crippen molar-refractivity contribution in [3.8, 4) is 5.69 Å². The lowest BCUT2D eigenvalue weighted by Crippen LogP contribution is -2.33. The van der Waals surface area contributed by atoms with Crippen molar-refractivity contribution < 1.29 is 4.74 Å². The predicted molar refractivity (Wildman–Crippen MR) is 83.6 cm³/mol. The van der Waals surface area contributed by atoms with Gasteiger partial charge in [-0.3, -0.25) is 0 Å². The first kappa shape index (κ1) is 14.3. The maximum Gasteiger partial charge on any atom is 0.0991 e. The molecule has 0 spiro atoms. The molecule has 1 saturated heterocycles. The first-order chi connectivity index (χ1) is 10.3. The Labute approximate surface area is 126 Å². The van der Waals surface area contributed by atoms with E-state index in [0.29, 0.717) is 12.1 Å². The molecule has 1 aromatic carbocycles. The van der Waals surface area contributed by atoms with E-state index in [4.69, 9.17) is 4.74 Å². The van der Waals surface area contributed by atoms with Gasteiger partial charge in [0.25, 0.3) is 0 Å². The molecule has 0 amide bonds. The molecule has 1 aliphatic rings. The zero-order chi connectivity index (χ0) is 14.5. The van der Waals surface area contributed by atoms with Crippen molar-refractivity contribution in [3.63, 3.8) is 0 Å². The first-order valence-corrected chi connectivity index (χ1v) is 7.76. The maximum absolute atomic E-state index is 5.77. The number of ether oxygens (including phenoxy) is 1. The Morgan fingerprint density at radius 2 is 2.38 bits per heavy atom. The van der Waals surface area contributed by atoms with Crippen molar-refractivity contribution in [2.24, 2.45) is 0 Å². The van der Waals surface area contributed by atoms with Crippen molar-refractivity contribution in [1.82, 2.24) is 14.9 Å². The van der Waals surface area contributed by atoms with E-state index in [2.05, 4.69) is 41.5 Å².